The van der Waals surface area contributed by atoms with Crippen molar-refractivity contribution in [1.29, 1.82) is 0 Å². The molecule has 118 valence electrons. The second kappa shape index (κ2) is 7.28. The Labute approximate surface area is 118 Å². The zero-order valence-electron chi connectivity index (χ0n) is 11.1. The Bertz CT molecular complexity index is 475. The Morgan fingerprint density at radius 2 is 2.00 bits per heavy atom. The second-order valence-corrected chi connectivity index (χ2v) is 4.14. The number of carbonyl (C=O) groups excluding carboxylic acids is 1. The van der Waals surface area contributed by atoms with Gasteiger partial charge in [0.05, 0.1) is 19.1 Å². The molecule has 1 rings (SSSR count). The maximum absolute atomic E-state index is 12.1. The van der Waals surface area contributed by atoms with Crippen LogP contribution in [0.5, 0.6) is 5.75 Å². The first kappa shape index (κ1) is 17.3. The number of aliphatic hydroxyl groups excluding tert-OH is 2. The molecule has 1 aromatic rings. The minimum absolute atomic E-state index is 0.00597. The number of hydrogen-bond acceptors (Lipinski definition) is 5. The van der Waals surface area contributed by atoms with Gasteiger partial charge in [-0.1, -0.05) is 12.1 Å². The van der Waals surface area contributed by atoms with Crippen molar-refractivity contribution in [3.8, 4) is 5.75 Å². The molecular formula is C13H15F3O5. The van der Waals surface area contributed by atoms with Crippen molar-refractivity contribution in [2.24, 2.45) is 0 Å². The molecule has 0 saturated carbocycles. The van der Waals surface area contributed by atoms with Gasteiger partial charge in [-0.2, -0.15) is 0 Å². The van der Waals surface area contributed by atoms with Gasteiger partial charge in [0.15, 0.2) is 0 Å². The number of benzene rings is 1. The van der Waals surface area contributed by atoms with E-state index in [9.17, 15) is 28.2 Å². The number of esters is 1. The van der Waals surface area contributed by atoms with Gasteiger partial charge in [-0.3, -0.25) is 4.79 Å². The molecule has 0 aliphatic carbocycles. The highest BCUT2D eigenvalue weighted by atomic mass is 19.4. The van der Waals surface area contributed by atoms with Crippen LogP contribution in [0, 0.1) is 0 Å². The molecule has 0 saturated heterocycles. The Hall–Kier alpha value is -1.80. The van der Waals surface area contributed by atoms with E-state index in [1.54, 1.807) is 6.92 Å². The summed E-state index contributed by atoms with van der Waals surface area (Å²) in [7, 11) is 0. The van der Waals surface area contributed by atoms with Gasteiger partial charge in [-0.05, 0) is 24.6 Å². The van der Waals surface area contributed by atoms with Crippen molar-refractivity contribution in [3.63, 3.8) is 0 Å². The Kier molecular flexibility index (Phi) is 5.98. The maximum atomic E-state index is 12.1. The third-order valence-corrected chi connectivity index (χ3v) is 2.48. The van der Waals surface area contributed by atoms with E-state index in [0.29, 0.717) is 0 Å². The third-order valence-electron chi connectivity index (χ3n) is 2.48. The van der Waals surface area contributed by atoms with E-state index in [-0.39, 0.29) is 12.2 Å². The van der Waals surface area contributed by atoms with E-state index in [4.69, 9.17) is 0 Å². The fraction of sp³-hybridized carbons (Fsp3) is 0.462. The Morgan fingerprint density at radius 3 is 2.57 bits per heavy atom. The molecule has 0 bridgehead atoms. The molecule has 8 heteroatoms. The van der Waals surface area contributed by atoms with Gasteiger partial charge in [0.1, 0.15) is 11.9 Å². The van der Waals surface area contributed by atoms with Gasteiger partial charge in [-0.15, -0.1) is 13.2 Å². The Morgan fingerprint density at radius 1 is 1.33 bits per heavy atom. The molecule has 0 spiro atoms. The minimum atomic E-state index is -4.85. The first-order valence-electron chi connectivity index (χ1n) is 6.10. The zero-order valence-corrected chi connectivity index (χ0v) is 11.1. The predicted octanol–water partition coefficient (Wildman–Crippen LogP) is 1.93. The quantitative estimate of drug-likeness (QED) is 0.785. The standard InChI is InChI=1S/C13H15F3O5/c1-2-20-11(18)7-10(17)12(19)8-4-3-5-9(6-8)21-13(14,15)16/h3-6,10,12,17,19H,2,7H2,1H3. The molecule has 2 unspecified atom stereocenters. The molecule has 1 aromatic carbocycles. The SMILES string of the molecule is CCOC(=O)CC(O)C(O)c1cccc(OC(F)(F)F)c1. The summed E-state index contributed by atoms with van der Waals surface area (Å²) in [6, 6.07) is 4.53. The number of halogens is 3. The van der Waals surface area contributed by atoms with Crippen LogP contribution in [-0.2, 0) is 9.53 Å². The first-order valence-corrected chi connectivity index (χ1v) is 6.10. The lowest BCUT2D eigenvalue weighted by atomic mass is 10.0. The number of hydrogen-bond donors (Lipinski definition) is 2. The van der Waals surface area contributed by atoms with Crippen LogP contribution in [0.4, 0.5) is 13.2 Å². The largest absolute Gasteiger partial charge is 0.573 e. The summed E-state index contributed by atoms with van der Waals surface area (Å²) in [6.45, 7) is 1.70. The van der Waals surface area contributed by atoms with Crippen LogP contribution in [0.2, 0.25) is 0 Å². The summed E-state index contributed by atoms with van der Waals surface area (Å²) >= 11 is 0. The number of aliphatic hydroxyl groups is 2. The van der Waals surface area contributed by atoms with Crippen molar-refractivity contribution in [2.75, 3.05) is 6.61 Å². The average molecular weight is 308 g/mol. The molecule has 0 aliphatic heterocycles. The topological polar surface area (TPSA) is 76.0 Å². The highest BCUT2D eigenvalue weighted by molar-refractivity contribution is 5.70. The number of alkyl halides is 3. The van der Waals surface area contributed by atoms with E-state index in [0.717, 1.165) is 12.1 Å². The van der Waals surface area contributed by atoms with Crippen LogP contribution >= 0.6 is 0 Å². The molecule has 5 nitrogen and oxygen atoms in total. The summed E-state index contributed by atoms with van der Waals surface area (Å²) in [6.07, 6.45) is -8.36. The Balaban J connectivity index is 2.75. The van der Waals surface area contributed by atoms with Crippen molar-refractivity contribution in [3.05, 3.63) is 29.8 Å². The van der Waals surface area contributed by atoms with Crippen LogP contribution in [0.3, 0.4) is 0 Å². The van der Waals surface area contributed by atoms with E-state index in [1.807, 2.05) is 0 Å². The second-order valence-electron chi connectivity index (χ2n) is 4.14. The number of rotatable bonds is 6. The minimum Gasteiger partial charge on any atom is -0.466 e. The fourth-order valence-corrected chi connectivity index (χ4v) is 1.62. The van der Waals surface area contributed by atoms with E-state index >= 15 is 0 Å². The lowest BCUT2D eigenvalue weighted by molar-refractivity contribution is -0.274. The van der Waals surface area contributed by atoms with Crippen molar-refractivity contribution in [1.82, 2.24) is 0 Å². The normalized spacial score (nSPS) is 14.4. The lowest BCUT2D eigenvalue weighted by Crippen LogP contribution is -2.23. The van der Waals surface area contributed by atoms with Crippen LogP contribution in [0.1, 0.15) is 25.0 Å². The van der Waals surface area contributed by atoms with Crippen molar-refractivity contribution < 1.29 is 37.7 Å². The molecule has 0 fully saturated rings. The first-order chi connectivity index (χ1) is 9.73. The van der Waals surface area contributed by atoms with Crippen LogP contribution in [-0.4, -0.2) is 35.3 Å². The van der Waals surface area contributed by atoms with E-state index in [2.05, 4.69) is 9.47 Å². The highest BCUT2D eigenvalue weighted by Gasteiger charge is 2.31. The number of ether oxygens (including phenoxy) is 2. The molecule has 0 aliphatic rings. The number of carbonyl (C=O) groups is 1. The monoisotopic (exact) mass is 308 g/mol. The van der Waals surface area contributed by atoms with Gasteiger partial charge in [0, 0.05) is 0 Å². The molecule has 0 heterocycles. The summed E-state index contributed by atoms with van der Waals surface area (Å²) in [5.74, 6) is -1.24. The lowest BCUT2D eigenvalue weighted by Gasteiger charge is -2.18. The van der Waals surface area contributed by atoms with Gasteiger partial charge in [0.25, 0.3) is 0 Å². The molecule has 2 N–H and O–H groups in total. The summed E-state index contributed by atoms with van der Waals surface area (Å²) in [4.78, 5) is 11.2. The van der Waals surface area contributed by atoms with Gasteiger partial charge in [0.2, 0.25) is 0 Å². The zero-order chi connectivity index (χ0) is 16.0. The predicted molar refractivity (Wildman–Crippen MR) is 65.3 cm³/mol. The third kappa shape index (κ3) is 6.01. The fourth-order valence-electron chi connectivity index (χ4n) is 1.62. The average Bonchev–Trinajstić information content (AvgIpc) is 2.36. The van der Waals surface area contributed by atoms with Gasteiger partial charge >= 0.3 is 12.3 Å². The van der Waals surface area contributed by atoms with Crippen molar-refractivity contribution >= 4 is 5.97 Å². The molecule has 0 aromatic heterocycles. The molecule has 2 atom stereocenters. The maximum Gasteiger partial charge on any atom is 0.573 e. The molecule has 21 heavy (non-hydrogen) atoms. The van der Waals surface area contributed by atoms with Gasteiger partial charge in [-0.25, -0.2) is 0 Å². The summed E-state index contributed by atoms with van der Waals surface area (Å²) in [5.41, 5.74) is -0.00597. The summed E-state index contributed by atoms with van der Waals surface area (Å²) in [5, 5.41) is 19.5. The summed E-state index contributed by atoms with van der Waals surface area (Å²) < 4.78 is 44.6. The highest BCUT2D eigenvalue weighted by Crippen LogP contribution is 2.27. The molecule has 0 radical (unpaired) electrons. The van der Waals surface area contributed by atoms with E-state index in [1.165, 1.54) is 12.1 Å². The van der Waals surface area contributed by atoms with Gasteiger partial charge < -0.3 is 19.7 Å². The van der Waals surface area contributed by atoms with Crippen LogP contribution in [0.25, 0.3) is 0 Å². The van der Waals surface area contributed by atoms with Crippen molar-refractivity contribution in [2.45, 2.75) is 31.9 Å². The van der Waals surface area contributed by atoms with Crippen LogP contribution in [0.15, 0.2) is 24.3 Å². The molecule has 0 amide bonds. The smallest absolute Gasteiger partial charge is 0.466 e. The van der Waals surface area contributed by atoms with Crippen LogP contribution < -0.4 is 4.74 Å². The van der Waals surface area contributed by atoms with E-state index < -0.39 is 36.7 Å². The molecular weight excluding hydrogens is 293 g/mol.